The predicted octanol–water partition coefficient (Wildman–Crippen LogP) is 3.12. The molecule has 2 rings (SSSR count). The molecule has 4 unspecified atom stereocenters. The molecule has 18 heavy (non-hydrogen) atoms. The Kier molecular flexibility index (Phi) is 5.43. The zero-order chi connectivity index (χ0) is 13.0. The predicted molar refractivity (Wildman–Crippen MR) is 72.4 cm³/mol. The van der Waals surface area contributed by atoms with Crippen LogP contribution in [0.1, 0.15) is 39.5 Å². The van der Waals surface area contributed by atoms with Crippen LogP contribution in [-0.4, -0.2) is 43.9 Å². The molecule has 0 radical (unpaired) electrons. The van der Waals surface area contributed by atoms with Gasteiger partial charge in [-0.3, -0.25) is 4.90 Å². The van der Waals surface area contributed by atoms with Crippen LogP contribution >= 0.6 is 0 Å². The SMILES string of the molecule is CC(CCN1CCOCC1)C(C)C1CCC(F)C1. The van der Waals surface area contributed by atoms with Crippen molar-refractivity contribution >= 4 is 0 Å². The Bertz CT molecular complexity index is 243. The number of morpholine rings is 1. The largest absolute Gasteiger partial charge is 0.379 e. The molecule has 1 heterocycles. The van der Waals surface area contributed by atoms with Crippen LogP contribution in [0.2, 0.25) is 0 Å². The molecule has 2 nitrogen and oxygen atoms in total. The number of nitrogens with zero attached hydrogens (tertiary/aromatic N) is 1. The van der Waals surface area contributed by atoms with Crippen molar-refractivity contribution in [3.63, 3.8) is 0 Å². The van der Waals surface area contributed by atoms with Gasteiger partial charge < -0.3 is 4.74 Å². The summed E-state index contributed by atoms with van der Waals surface area (Å²) in [7, 11) is 0. The molecule has 1 aliphatic carbocycles. The number of hydrogen-bond donors (Lipinski definition) is 0. The normalized spacial score (nSPS) is 33.5. The first kappa shape index (κ1) is 14.3. The first-order valence-electron chi connectivity index (χ1n) is 7.61. The molecule has 106 valence electrons. The first-order chi connectivity index (χ1) is 8.66. The number of halogens is 1. The van der Waals surface area contributed by atoms with Crippen molar-refractivity contribution in [2.24, 2.45) is 17.8 Å². The molecule has 1 aliphatic heterocycles. The zero-order valence-electron chi connectivity index (χ0n) is 11.9. The van der Waals surface area contributed by atoms with E-state index in [4.69, 9.17) is 4.74 Å². The van der Waals surface area contributed by atoms with E-state index < -0.39 is 6.17 Å². The van der Waals surface area contributed by atoms with Gasteiger partial charge in [0.2, 0.25) is 0 Å². The van der Waals surface area contributed by atoms with Crippen molar-refractivity contribution in [3.05, 3.63) is 0 Å². The van der Waals surface area contributed by atoms with Gasteiger partial charge in [-0.15, -0.1) is 0 Å². The van der Waals surface area contributed by atoms with Gasteiger partial charge in [-0.25, -0.2) is 4.39 Å². The molecule has 4 atom stereocenters. The molecule has 3 heteroatoms. The van der Waals surface area contributed by atoms with Crippen molar-refractivity contribution in [1.29, 1.82) is 0 Å². The van der Waals surface area contributed by atoms with E-state index in [0.29, 0.717) is 17.8 Å². The third-order valence-electron chi connectivity index (χ3n) is 5.05. The standard InChI is InChI=1S/C15H28FNO/c1-12(5-6-17-7-9-18-10-8-17)13(2)14-3-4-15(16)11-14/h12-15H,3-11H2,1-2H3. The fraction of sp³-hybridized carbons (Fsp3) is 1.00. The Balaban J connectivity index is 1.68. The van der Waals surface area contributed by atoms with Gasteiger partial charge in [0.25, 0.3) is 0 Å². The van der Waals surface area contributed by atoms with E-state index in [2.05, 4.69) is 18.7 Å². The molecule has 2 aliphatic rings. The maximum Gasteiger partial charge on any atom is 0.100 e. The molecule has 2 fully saturated rings. The number of hydrogen-bond acceptors (Lipinski definition) is 2. The van der Waals surface area contributed by atoms with E-state index >= 15 is 0 Å². The highest BCUT2D eigenvalue weighted by Gasteiger charge is 2.31. The lowest BCUT2D eigenvalue weighted by Crippen LogP contribution is -2.37. The summed E-state index contributed by atoms with van der Waals surface area (Å²) in [6, 6.07) is 0. The fourth-order valence-corrected chi connectivity index (χ4v) is 3.38. The second-order valence-corrected chi connectivity index (χ2v) is 6.25. The van der Waals surface area contributed by atoms with Crippen LogP contribution < -0.4 is 0 Å². The summed E-state index contributed by atoms with van der Waals surface area (Å²) in [5.74, 6) is 2.01. The van der Waals surface area contributed by atoms with Gasteiger partial charge in [-0.2, -0.15) is 0 Å². The smallest absolute Gasteiger partial charge is 0.100 e. The lowest BCUT2D eigenvalue weighted by atomic mass is 9.81. The summed E-state index contributed by atoms with van der Waals surface area (Å²) >= 11 is 0. The van der Waals surface area contributed by atoms with Crippen LogP contribution in [0.5, 0.6) is 0 Å². The fourth-order valence-electron chi connectivity index (χ4n) is 3.38. The van der Waals surface area contributed by atoms with Crippen LogP contribution in [-0.2, 0) is 4.74 Å². The highest BCUT2D eigenvalue weighted by molar-refractivity contribution is 4.81. The van der Waals surface area contributed by atoms with E-state index in [0.717, 1.165) is 45.6 Å². The van der Waals surface area contributed by atoms with E-state index in [1.165, 1.54) is 13.0 Å². The Morgan fingerprint density at radius 3 is 2.56 bits per heavy atom. The molecule has 1 saturated heterocycles. The van der Waals surface area contributed by atoms with Crippen molar-refractivity contribution in [2.75, 3.05) is 32.8 Å². The Labute approximate surface area is 111 Å². The van der Waals surface area contributed by atoms with E-state index in [1.807, 2.05) is 0 Å². The van der Waals surface area contributed by atoms with E-state index in [1.54, 1.807) is 0 Å². The van der Waals surface area contributed by atoms with Crippen molar-refractivity contribution in [2.45, 2.75) is 45.7 Å². The minimum atomic E-state index is -0.524. The zero-order valence-corrected chi connectivity index (χ0v) is 11.9. The summed E-state index contributed by atoms with van der Waals surface area (Å²) in [5, 5.41) is 0. The van der Waals surface area contributed by atoms with Crippen LogP contribution in [0.25, 0.3) is 0 Å². The van der Waals surface area contributed by atoms with Gasteiger partial charge in [0.15, 0.2) is 0 Å². The quantitative estimate of drug-likeness (QED) is 0.750. The van der Waals surface area contributed by atoms with Crippen LogP contribution in [0, 0.1) is 17.8 Å². The summed E-state index contributed by atoms with van der Waals surface area (Å²) in [5.41, 5.74) is 0. The Hall–Kier alpha value is -0.150. The third kappa shape index (κ3) is 3.92. The number of alkyl halides is 1. The second kappa shape index (κ2) is 6.85. The van der Waals surface area contributed by atoms with E-state index in [9.17, 15) is 4.39 Å². The highest BCUT2D eigenvalue weighted by Crippen LogP contribution is 2.37. The lowest BCUT2D eigenvalue weighted by molar-refractivity contribution is 0.0338. The summed E-state index contributed by atoms with van der Waals surface area (Å²) < 4.78 is 18.6. The molecule has 0 aromatic carbocycles. The molecule has 0 N–H and O–H groups in total. The third-order valence-corrected chi connectivity index (χ3v) is 5.05. The van der Waals surface area contributed by atoms with Crippen LogP contribution in [0.3, 0.4) is 0 Å². The average molecular weight is 257 g/mol. The molecule has 1 saturated carbocycles. The molecule has 0 aromatic heterocycles. The Morgan fingerprint density at radius 2 is 1.94 bits per heavy atom. The van der Waals surface area contributed by atoms with Gasteiger partial charge in [-0.05, 0) is 50.0 Å². The minimum Gasteiger partial charge on any atom is -0.379 e. The molecule has 0 bridgehead atoms. The van der Waals surface area contributed by atoms with Crippen molar-refractivity contribution in [1.82, 2.24) is 4.90 Å². The monoisotopic (exact) mass is 257 g/mol. The molecular weight excluding hydrogens is 229 g/mol. The van der Waals surface area contributed by atoms with Crippen LogP contribution in [0.4, 0.5) is 4.39 Å². The Morgan fingerprint density at radius 1 is 1.22 bits per heavy atom. The molecule has 0 amide bonds. The second-order valence-electron chi connectivity index (χ2n) is 6.25. The average Bonchev–Trinajstić information content (AvgIpc) is 2.83. The van der Waals surface area contributed by atoms with Gasteiger partial charge in [0, 0.05) is 13.1 Å². The topological polar surface area (TPSA) is 12.5 Å². The minimum absolute atomic E-state index is 0.524. The molecule has 0 aromatic rings. The first-order valence-corrected chi connectivity index (χ1v) is 7.61. The van der Waals surface area contributed by atoms with Crippen LogP contribution in [0.15, 0.2) is 0 Å². The van der Waals surface area contributed by atoms with E-state index in [-0.39, 0.29) is 0 Å². The highest BCUT2D eigenvalue weighted by atomic mass is 19.1. The van der Waals surface area contributed by atoms with Gasteiger partial charge in [-0.1, -0.05) is 13.8 Å². The summed E-state index contributed by atoms with van der Waals surface area (Å²) in [4.78, 5) is 2.50. The molecular formula is C15H28FNO. The maximum atomic E-state index is 13.3. The lowest BCUT2D eigenvalue weighted by Gasteiger charge is -2.30. The van der Waals surface area contributed by atoms with Gasteiger partial charge in [0.05, 0.1) is 13.2 Å². The van der Waals surface area contributed by atoms with Gasteiger partial charge in [0.1, 0.15) is 6.17 Å². The number of rotatable bonds is 5. The molecule has 0 spiro atoms. The number of ether oxygens (including phenoxy) is 1. The van der Waals surface area contributed by atoms with Gasteiger partial charge >= 0.3 is 0 Å². The van der Waals surface area contributed by atoms with Crippen molar-refractivity contribution in [3.8, 4) is 0 Å². The summed E-state index contributed by atoms with van der Waals surface area (Å²) in [6.45, 7) is 9.78. The van der Waals surface area contributed by atoms with Crippen molar-refractivity contribution < 1.29 is 9.13 Å². The summed E-state index contributed by atoms with van der Waals surface area (Å²) in [6.07, 6.45) is 3.43. The maximum absolute atomic E-state index is 13.3.